The lowest BCUT2D eigenvalue weighted by atomic mass is 10.3. The number of thioether (sulfide) groups is 1. The molecule has 0 aliphatic heterocycles. The Hall–Kier alpha value is -2.57. The molecule has 0 unspecified atom stereocenters. The van der Waals surface area contributed by atoms with Crippen LogP contribution in [0.15, 0.2) is 71.9 Å². The van der Waals surface area contributed by atoms with Gasteiger partial charge in [0, 0.05) is 28.0 Å². The van der Waals surface area contributed by atoms with Gasteiger partial charge < -0.3 is 10.1 Å². The minimum Gasteiger partial charge on any atom is -0.424 e. The maximum Gasteiger partial charge on any atom is 0.321 e. The van der Waals surface area contributed by atoms with Gasteiger partial charge in [-0.15, -0.1) is 11.8 Å². The predicted octanol–water partition coefficient (Wildman–Crippen LogP) is 4.65. The molecule has 0 atom stereocenters. The first-order valence-corrected chi connectivity index (χ1v) is 8.78. The van der Waals surface area contributed by atoms with E-state index in [-0.39, 0.29) is 11.9 Å². The van der Waals surface area contributed by atoms with Gasteiger partial charge in [0.25, 0.3) is 0 Å². The number of nitrogens with zero attached hydrogens (tertiary/aromatic N) is 2. The molecule has 5 nitrogen and oxygen atoms in total. The van der Waals surface area contributed by atoms with Crippen LogP contribution in [0.4, 0.5) is 5.69 Å². The fourth-order valence-corrected chi connectivity index (χ4v) is 2.75. The normalized spacial score (nSPS) is 10.3. The highest BCUT2D eigenvalue weighted by atomic mass is 35.5. The Kier molecular flexibility index (Phi) is 5.87. The molecule has 0 saturated heterocycles. The van der Waals surface area contributed by atoms with Crippen molar-refractivity contribution in [3.05, 3.63) is 72.0 Å². The van der Waals surface area contributed by atoms with Crippen molar-refractivity contribution in [3.8, 4) is 11.8 Å². The van der Waals surface area contributed by atoms with Crippen LogP contribution < -0.4 is 10.1 Å². The van der Waals surface area contributed by atoms with Crippen molar-refractivity contribution in [3.63, 3.8) is 0 Å². The molecule has 0 bridgehead atoms. The van der Waals surface area contributed by atoms with Crippen LogP contribution in [0.5, 0.6) is 11.8 Å². The standard InChI is InChI=1S/C18H14ClN3O2S/c19-13-2-8-16(9-3-13)25-12-17(23)22-14-4-6-15(7-5-14)24-18-20-10-1-11-21-18/h1-11H,12H2,(H,22,23). The zero-order valence-corrected chi connectivity index (χ0v) is 14.6. The number of nitrogens with one attached hydrogen (secondary N) is 1. The molecule has 25 heavy (non-hydrogen) atoms. The van der Waals surface area contributed by atoms with Gasteiger partial charge in [-0.2, -0.15) is 0 Å². The number of anilines is 1. The molecule has 0 saturated carbocycles. The minimum absolute atomic E-state index is 0.0833. The van der Waals surface area contributed by atoms with Gasteiger partial charge in [0.15, 0.2) is 0 Å². The number of carbonyl (C=O) groups excluding carboxylic acids is 1. The number of hydrogen-bond acceptors (Lipinski definition) is 5. The lowest BCUT2D eigenvalue weighted by Crippen LogP contribution is -2.13. The highest BCUT2D eigenvalue weighted by molar-refractivity contribution is 8.00. The highest BCUT2D eigenvalue weighted by Crippen LogP contribution is 2.22. The second-order valence-corrected chi connectivity index (χ2v) is 6.43. The van der Waals surface area contributed by atoms with Crippen molar-refractivity contribution < 1.29 is 9.53 Å². The molecule has 126 valence electrons. The summed E-state index contributed by atoms with van der Waals surface area (Å²) in [6.45, 7) is 0. The van der Waals surface area contributed by atoms with Crippen molar-refractivity contribution in [1.29, 1.82) is 0 Å². The first-order valence-electron chi connectivity index (χ1n) is 7.42. The van der Waals surface area contributed by atoms with Crippen LogP contribution >= 0.6 is 23.4 Å². The Balaban J connectivity index is 1.50. The van der Waals surface area contributed by atoms with Crippen molar-refractivity contribution in [2.45, 2.75) is 4.90 Å². The lowest BCUT2D eigenvalue weighted by Gasteiger charge is -2.07. The van der Waals surface area contributed by atoms with E-state index in [1.54, 1.807) is 54.9 Å². The monoisotopic (exact) mass is 371 g/mol. The number of carbonyl (C=O) groups is 1. The van der Waals surface area contributed by atoms with Crippen molar-refractivity contribution in [2.75, 3.05) is 11.1 Å². The molecule has 1 heterocycles. The van der Waals surface area contributed by atoms with Gasteiger partial charge in [-0.3, -0.25) is 4.79 Å². The van der Waals surface area contributed by atoms with E-state index in [0.717, 1.165) is 4.90 Å². The molecule has 1 amide bonds. The molecule has 0 aliphatic rings. The van der Waals surface area contributed by atoms with Crippen LogP contribution in [0.1, 0.15) is 0 Å². The Morgan fingerprint density at radius 1 is 1.04 bits per heavy atom. The van der Waals surface area contributed by atoms with E-state index >= 15 is 0 Å². The number of hydrogen-bond donors (Lipinski definition) is 1. The number of halogens is 1. The Bertz CT molecular complexity index is 827. The Morgan fingerprint density at radius 2 is 1.72 bits per heavy atom. The van der Waals surface area contributed by atoms with Gasteiger partial charge >= 0.3 is 6.01 Å². The predicted molar refractivity (Wildman–Crippen MR) is 99.4 cm³/mol. The second-order valence-electron chi connectivity index (χ2n) is 4.95. The van der Waals surface area contributed by atoms with E-state index in [1.807, 2.05) is 12.1 Å². The molecule has 1 aromatic heterocycles. The zero-order valence-electron chi connectivity index (χ0n) is 13.1. The lowest BCUT2D eigenvalue weighted by molar-refractivity contribution is -0.113. The summed E-state index contributed by atoms with van der Waals surface area (Å²) < 4.78 is 5.50. The van der Waals surface area contributed by atoms with E-state index in [0.29, 0.717) is 22.2 Å². The van der Waals surface area contributed by atoms with E-state index in [9.17, 15) is 4.79 Å². The summed E-state index contributed by atoms with van der Waals surface area (Å²) in [4.78, 5) is 21.0. The number of benzene rings is 2. The maximum atomic E-state index is 12.0. The quantitative estimate of drug-likeness (QED) is 0.639. The fraction of sp³-hybridized carbons (Fsp3) is 0.0556. The summed E-state index contributed by atoms with van der Waals surface area (Å²) in [6.07, 6.45) is 3.21. The molecular formula is C18H14ClN3O2S. The van der Waals surface area contributed by atoms with Gasteiger partial charge in [-0.1, -0.05) is 11.6 Å². The van der Waals surface area contributed by atoms with Crippen molar-refractivity contribution >= 4 is 35.0 Å². The third-order valence-electron chi connectivity index (χ3n) is 3.07. The molecule has 1 N–H and O–H groups in total. The number of amides is 1. The third-order valence-corrected chi connectivity index (χ3v) is 4.34. The van der Waals surface area contributed by atoms with Crippen LogP contribution in [0.2, 0.25) is 5.02 Å². The molecule has 0 spiro atoms. The summed E-state index contributed by atoms with van der Waals surface area (Å²) in [7, 11) is 0. The third kappa shape index (κ3) is 5.48. The van der Waals surface area contributed by atoms with Crippen LogP contribution in [-0.4, -0.2) is 21.6 Å². The van der Waals surface area contributed by atoms with Gasteiger partial charge in [0.05, 0.1) is 5.75 Å². The molecule has 3 aromatic rings. The van der Waals surface area contributed by atoms with E-state index in [4.69, 9.17) is 16.3 Å². The molecule has 3 rings (SSSR count). The number of rotatable bonds is 6. The Labute approximate surface area is 154 Å². The molecule has 2 aromatic carbocycles. The zero-order chi connectivity index (χ0) is 17.5. The molecule has 0 aliphatic carbocycles. The first kappa shape index (κ1) is 17.3. The summed E-state index contributed by atoms with van der Waals surface area (Å²) in [5, 5.41) is 3.52. The number of ether oxygens (including phenoxy) is 1. The van der Waals surface area contributed by atoms with Crippen LogP contribution in [0.3, 0.4) is 0 Å². The van der Waals surface area contributed by atoms with Gasteiger partial charge in [0.1, 0.15) is 5.75 Å². The summed E-state index contributed by atoms with van der Waals surface area (Å²) in [5.74, 6) is 0.831. The van der Waals surface area contributed by atoms with Crippen LogP contribution in [0.25, 0.3) is 0 Å². The van der Waals surface area contributed by atoms with E-state index < -0.39 is 0 Å². The van der Waals surface area contributed by atoms with E-state index in [2.05, 4.69) is 15.3 Å². The van der Waals surface area contributed by atoms with Crippen molar-refractivity contribution in [2.24, 2.45) is 0 Å². The maximum absolute atomic E-state index is 12.0. The van der Waals surface area contributed by atoms with Crippen molar-refractivity contribution in [1.82, 2.24) is 9.97 Å². The highest BCUT2D eigenvalue weighted by Gasteiger charge is 2.05. The molecule has 7 heteroatoms. The summed E-state index contributed by atoms with van der Waals surface area (Å²) in [5.41, 5.74) is 0.697. The number of aromatic nitrogens is 2. The van der Waals surface area contributed by atoms with Gasteiger partial charge in [0.2, 0.25) is 5.91 Å². The summed E-state index contributed by atoms with van der Waals surface area (Å²) >= 11 is 7.29. The fourth-order valence-electron chi connectivity index (χ4n) is 1.93. The molecule has 0 radical (unpaired) electrons. The summed E-state index contributed by atoms with van der Waals surface area (Å²) in [6, 6.07) is 16.4. The molecule has 0 fully saturated rings. The largest absolute Gasteiger partial charge is 0.424 e. The average molecular weight is 372 g/mol. The topological polar surface area (TPSA) is 64.1 Å². The second kappa shape index (κ2) is 8.50. The van der Waals surface area contributed by atoms with Gasteiger partial charge in [-0.05, 0) is 54.6 Å². The van der Waals surface area contributed by atoms with Crippen LogP contribution in [0, 0.1) is 0 Å². The average Bonchev–Trinajstić information content (AvgIpc) is 2.64. The van der Waals surface area contributed by atoms with E-state index in [1.165, 1.54) is 11.8 Å². The SMILES string of the molecule is O=C(CSc1ccc(Cl)cc1)Nc1ccc(Oc2ncccn2)cc1. The minimum atomic E-state index is -0.0833. The first-order chi connectivity index (χ1) is 12.2. The molecular weight excluding hydrogens is 358 g/mol. The van der Waals surface area contributed by atoms with Crippen LogP contribution in [-0.2, 0) is 4.79 Å². The van der Waals surface area contributed by atoms with Gasteiger partial charge in [-0.25, -0.2) is 9.97 Å². The smallest absolute Gasteiger partial charge is 0.321 e. The Morgan fingerprint density at radius 3 is 2.40 bits per heavy atom.